The molecule has 0 aliphatic carbocycles. The maximum absolute atomic E-state index is 11.4. The Hall–Kier alpha value is -1.64. The zero-order chi connectivity index (χ0) is 18.8. The lowest BCUT2D eigenvalue weighted by molar-refractivity contribution is 0.0672. The quantitative estimate of drug-likeness (QED) is 0.277. The van der Waals surface area contributed by atoms with Crippen molar-refractivity contribution >= 4 is 16.0 Å². The maximum atomic E-state index is 11.4. The van der Waals surface area contributed by atoms with Crippen LogP contribution in [0.25, 0.3) is 0 Å². The molecule has 0 amide bonds. The molecule has 0 aliphatic rings. The van der Waals surface area contributed by atoms with Crippen molar-refractivity contribution in [3.63, 3.8) is 0 Å². The van der Waals surface area contributed by atoms with E-state index >= 15 is 0 Å². The van der Waals surface area contributed by atoms with Crippen LogP contribution in [0.3, 0.4) is 0 Å². The second-order valence-corrected chi connectivity index (χ2v) is 8.01. The van der Waals surface area contributed by atoms with Gasteiger partial charge in [0.2, 0.25) is 10.0 Å². The van der Waals surface area contributed by atoms with E-state index in [0.29, 0.717) is 32.0 Å². The summed E-state index contributed by atoms with van der Waals surface area (Å²) in [5.41, 5.74) is -0.246. The molecule has 1 rings (SSSR count). The number of nitrogens with one attached hydrogen (secondary N) is 3. The van der Waals surface area contributed by atoms with Crippen molar-refractivity contribution in [3.8, 4) is 0 Å². The number of benzene rings is 1. The fourth-order valence-corrected chi connectivity index (χ4v) is 2.75. The lowest BCUT2D eigenvalue weighted by atomic mass is 9.96. The van der Waals surface area contributed by atoms with Crippen molar-refractivity contribution in [1.82, 2.24) is 15.4 Å². The van der Waals surface area contributed by atoms with Crippen molar-refractivity contribution in [2.45, 2.75) is 32.8 Å². The molecule has 25 heavy (non-hydrogen) atoms. The van der Waals surface area contributed by atoms with Gasteiger partial charge in [0.25, 0.3) is 0 Å². The second kappa shape index (κ2) is 10.4. The molecule has 7 nitrogen and oxygen atoms in total. The molecule has 0 saturated carbocycles. The number of rotatable bonds is 10. The van der Waals surface area contributed by atoms with Crippen LogP contribution in [0.1, 0.15) is 32.8 Å². The van der Waals surface area contributed by atoms with E-state index in [4.69, 9.17) is 0 Å². The van der Waals surface area contributed by atoms with Crippen molar-refractivity contribution in [1.29, 1.82) is 0 Å². The van der Waals surface area contributed by atoms with E-state index in [1.165, 1.54) is 0 Å². The molecule has 0 spiro atoms. The number of hydrogen-bond donors (Lipinski definition) is 4. The van der Waals surface area contributed by atoms with Crippen molar-refractivity contribution in [2.75, 3.05) is 31.9 Å². The minimum Gasteiger partial charge on any atom is -0.384 e. The lowest BCUT2D eigenvalue weighted by Crippen LogP contribution is -2.40. The van der Waals surface area contributed by atoms with Gasteiger partial charge in [0, 0.05) is 19.6 Å². The Labute approximate surface area is 151 Å². The Morgan fingerprint density at radius 2 is 1.84 bits per heavy atom. The number of hydrogen-bond acceptors (Lipinski definition) is 4. The molecule has 0 heterocycles. The van der Waals surface area contributed by atoms with Crippen molar-refractivity contribution in [2.24, 2.45) is 4.99 Å². The summed E-state index contributed by atoms with van der Waals surface area (Å²) in [5, 5.41) is 16.8. The van der Waals surface area contributed by atoms with Crippen LogP contribution < -0.4 is 15.4 Å². The summed E-state index contributed by atoms with van der Waals surface area (Å²) in [5.74, 6) is 0.677. The molecule has 0 radical (unpaired) electrons. The summed E-state index contributed by atoms with van der Waals surface area (Å²) in [6.45, 7) is 7.17. The summed E-state index contributed by atoms with van der Waals surface area (Å²) < 4.78 is 25.2. The van der Waals surface area contributed by atoms with Crippen LogP contribution in [-0.4, -0.2) is 51.4 Å². The first-order valence-electron chi connectivity index (χ1n) is 8.58. The third kappa shape index (κ3) is 8.33. The molecule has 1 aromatic carbocycles. The van der Waals surface area contributed by atoms with E-state index in [1.54, 1.807) is 13.8 Å². The Kier molecular flexibility index (Phi) is 8.88. The van der Waals surface area contributed by atoms with Crippen LogP contribution in [-0.2, 0) is 15.6 Å². The third-order valence-electron chi connectivity index (χ3n) is 3.63. The normalized spacial score (nSPS) is 14.8. The predicted octanol–water partition coefficient (Wildman–Crippen LogP) is 0.779. The molecule has 8 heteroatoms. The first-order valence-corrected chi connectivity index (χ1v) is 10.2. The van der Waals surface area contributed by atoms with Gasteiger partial charge in [-0.1, -0.05) is 30.3 Å². The van der Waals surface area contributed by atoms with Gasteiger partial charge in [-0.25, -0.2) is 18.1 Å². The van der Waals surface area contributed by atoms with Crippen molar-refractivity contribution < 1.29 is 13.5 Å². The first kappa shape index (κ1) is 21.4. The number of sulfonamides is 1. The molecule has 1 atom stereocenters. The molecule has 0 saturated heterocycles. The minimum absolute atomic E-state index is 0.0824. The molecule has 142 valence electrons. The van der Waals surface area contributed by atoms with E-state index in [1.807, 2.05) is 37.3 Å². The van der Waals surface area contributed by atoms with E-state index in [0.717, 1.165) is 5.56 Å². The molecule has 1 unspecified atom stereocenters. The molecule has 0 aliphatic heterocycles. The van der Waals surface area contributed by atoms with E-state index in [2.05, 4.69) is 20.3 Å². The summed E-state index contributed by atoms with van der Waals surface area (Å²) >= 11 is 0. The second-order valence-electron chi connectivity index (χ2n) is 5.91. The van der Waals surface area contributed by atoms with E-state index in [-0.39, 0.29) is 12.3 Å². The van der Waals surface area contributed by atoms with Crippen LogP contribution in [0.15, 0.2) is 35.3 Å². The Bertz CT molecular complexity index is 631. The summed E-state index contributed by atoms with van der Waals surface area (Å²) in [6, 6.07) is 9.41. The van der Waals surface area contributed by atoms with Gasteiger partial charge < -0.3 is 15.7 Å². The monoisotopic (exact) mass is 370 g/mol. The van der Waals surface area contributed by atoms with Crippen molar-refractivity contribution in [3.05, 3.63) is 35.9 Å². The highest BCUT2D eigenvalue weighted by molar-refractivity contribution is 7.89. The lowest BCUT2D eigenvalue weighted by Gasteiger charge is -2.22. The SMILES string of the molecule is CCNC(=NCC(C)(O)c1ccccc1)NCCCNS(=O)(=O)CC. The Morgan fingerprint density at radius 1 is 1.16 bits per heavy atom. The number of aliphatic imine (C=N–C) groups is 1. The van der Waals surface area contributed by atoms with Crippen LogP contribution in [0, 0.1) is 0 Å². The summed E-state index contributed by atoms with van der Waals surface area (Å²) in [6.07, 6.45) is 0.638. The largest absolute Gasteiger partial charge is 0.384 e. The highest BCUT2D eigenvalue weighted by Gasteiger charge is 2.22. The molecule has 4 N–H and O–H groups in total. The van der Waals surface area contributed by atoms with Gasteiger partial charge in [-0.05, 0) is 32.8 Å². The first-order chi connectivity index (χ1) is 11.8. The zero-order valence-corrected chi connectivity index (χ0v) is 16.1. The number of guanidine groups is 1. The maximum Gasteiger partial charge on any atom is 0.211 e. The zero-order valence-electron chi connectivity index (χ0n) is 15.2. The van der Waals surface area contributed by atoms with Gasteiger partial charge in [0.15, 0.2) is 5.96 Å². The van der Waals surface area contributed by atoms with E-state index in [9.17, 15) is 13.5 Å². The molecule has 1 aromatic rings. The topological polar surface area (TPSA) is 103 Å². The van der Waals surface area contributed by atoms with Gasteiger partial charge in [0.1, 0.15) is 5.60 Å². The number of aliphatic hydroxyl groups is 1. The fraction of sp³-hybridized carbons (Fsp3) is 0.588. The molecule has 0 bridgehead atoms. The average molecular weight is 371 g/mol. The molecular formula is C17H30N4O3S. The van der Waals surface area contributed by atoms with Crippen LogP contribution >= 0.6 is 0 Å². The fourth-order valence-electron chi connectivity index (χ4n) is 2.09. The summed E-state index contributed by atoms with van der Waals surface area (Å²) in [7, 11) is -3.15. The smallest absolute Gasteiger partial charge is 0.211 e. The van der Waals surface area contributed by atoms with Crippen LogP contribution in [0.4, 0.5) is 0 Å². The third-order valence-corrected chi connectivity index (χ3v) is 5.04. The minimum atomic E-state index is -3.15. The van der Waals surface area contributed by atoms with Gasteiger partial charge in [0.05, 0.1) is 12.3 Å². The van der Waals surface area contributed by atoms with Gasteiger partial charge in [-0.2, -0.15) is 0 Å². The molecular weight excluding hydrogens is 340 g/mol. The number of nitrogens with zero attached hydrogens (tertiary/aromatic N) is 1. The highest BCUT2D eigenvalue weighted by atomic mass is 32.2. The van der Waals surface area contributed by atoms with Gasteiger partial charge >= 0.3 is 0 Å². The Morgan fingerprint density at radius 3 is 2.44 bits per heavy atom. The van der Waals surface area contributed by atoms with Gasteiger partial charge in [-0.15, -0.1) is 0 Å². The van der Waals surface area contributed by atoms with Gasteiger partial charge in [-0.3, -0.25) is 0 Å². The predicted molar refractivity (Wildman–Crippen MR) is 102 cm³/mol. The molecule has 0 fully saturated rings. The highest BCUT2D eigenvalue weighted by Crippen LogP contribution is 2.20. The molecule has 0 aromatic heterocycles. The Balaban J connectivity index is 2.51. The summed E-state index contributed by atoms with van der Waals surface area (Å²) in [4.78, 5) is 4.43. The van der Waals surface area contributed by atoms with Crippen LogP contribution in [0.2, 0.25) is 0 Å². The van der Waals surface area contributed by atoms with E-state index < -0.39 is 15.6 Å². The standard InChI is InChI=1S/C17H30N4O3S/c1-4-18-16(19-12-9-13-21-25(23,24)5-2)20-14-17(3,22)15-10-7-6-8-11-15/h6-8,10-11,21-22H,4-5,9,12-14H2,1-3H3,(H2,18,19,20). The average Bonchev–Trinajstić information content (AvgIpc) is 2.60. The van der Waals surface area contributed by atoms with Crippen LogP contribution in [0.5, 0.6) is 0 Å².